The van der Waals surface area contributed by atoms with Crippen LogP contribution >= 0.6 is 0 Å². The molecule has 11 heteroatoms. The molecule has 5 aromatic rings. The lowest BCUT2D eigenvalue weighted by Gasteiger charge is -2.10. The van der Waals surface area contributed by atoms with Gasteiger partial charge in [-0.1, -0.05) is 6.07 Å². The van der Waals surface area contributed by atoms with Crippen LogP contribution in [0, 0.1) is 18.3 Å². The van der Waals surface area contributed by atoms with Crippen molar-refractivity contribution >= 4 is 22.5 Å². The van der Waals surface area contributed by atoms with Gasteiger partial charge >= 0.3 is 0 Å². The lowest BCUT2D eigenvalue weighted by molar-refractivity contribution is 0.299. The summed E-state index contributed by atoms with van der Waals surface area (Å²) in [4.78, 5) is 9.25. The number of anilines is 2. The highest BCUT2D eigenvalue weighted by atomic mass is 16.3. The predicted octanol–water partition coefficient (Wildman–Crippen LogP) is 2.45. The topological polar surface area (TPSA) is 154 Å². The van der Waals surface area contributed by atoms with Gasteiger partial charge in [0.25, 0.3) is 0 Å². The number of rotatable bonds is 6. The molecule has 0 amide bonds. The van der Waals surface area contributed by atoms with Gasteiger partial charge in [-0.25, -0.2) is 9.97 Å². The highest BCUT2D eigenvalue weighted by Crippen LogP contribution is 2.27. The maximum Gasteiger partial charge on any atom is 0.192 e. The Morgan fingerprint density at radius 1 is 1.09 bits per heavy atom. The van der Waals surface area contributed by atoms with Gasteiger partial charge in [-0.15, -0.1) is 10.2 Å². The smallest absolute Gasteiger partial charge is 0.192 e. The molecular weight excluding hydrogens is 420 g/mol. The summed E-state index contributed by atoms with van der Waals surface area (Å²) in [7, 11) is 0. The van der Waals surface area contributed by atoms with Crippen molar-refractivity contribution in [2.24, 2.45) is 0 Å². The summed E-state index contributed by atoms with van der Waals surface area (Å²) >= 11 is 0. The molecule has 0 bridgehead atoms. The molecule has 0 aliphatic carbocycles. The van der Waals surface area contributed by atoms with Crippen molar-refractivity contribution in [3.05, 3.63) is 65.7 Å². The molecule has 0 saturated carbocycles. The number of hydrogen-bond donors (Lipinski definition) is 3. The molecule has 0 aliphatic rings. The summed E-state index contributed by atoms with van der Waals surface area (Å²) in [6.45, 7) is 1.83. The Morgan fingerprint density at radius 3 is 2.79 bits per heavy atom. The van der Waals surface area contributed by atoms with Crippen molar-refractivity contribution in [3.8, 4) is 23.3 Å². The third-order valence-corrected chi connectivity index (χ3v) is 5.09. The van der Waals surface area contributed by atoms with Crippen molar-refractivity contribution in [2.75, 3.05) is 11.9 Å². The van der Waals surface area contributed by atoms with Gasteiger partial charge in [-0.3, -0.25) is 4.57 Å². The van der Waals surface area contributed by atoms with Crippen molar-refractivity contribution in [3.63, 3.8) is 0 Å². The number of fused-ring (bicyclic) bond motifs is 1. The number of H-pyrrole nitrogens is 1. The summed E-state index contributed by atoms with van der Waals surface area (Å²) in [6, 6.07) is 15.3. The number of aliphatic hydroxyl groups excluding tert-OH is 1. The normalized spacial score (nSPS) is 10.9. The van der Waals surface area contributed by atoms with Crippen LogP contribution in [0.1, 0.15) is 17.0 Å². The van der Waals surface area contributed by atoms with Crippen LogP contribution in [0.5, 0.6) is 0 Å². The molecule has 1 aromatic carbocycles. The maximum atomic E-state index is 9.44. The van der Waals surface area contributed by atoms with Gasteiger partial charge in [0.15, 0.2) is 11.5 Å². The Morgan fingerprint density at radius 2 is 2.00 bits per heavy atom. The number of aliphatic hydroxyl groups is 1. The Balaban J connectivity index is 1.53. The molecule has 0 aliphatic heterocycles. The molecule has 0 saturated heterocycles. The minimum Gasteiger partial charge on any atom is -0.396 e. The van der Waals surface area contributed by atoms with Gasteiger partial charge in [-0.2, -0.15) is 20.7 Å². The predicted molar refractivity (Wildman–Crippen MR) is 120 cm³/mol. The lowest BCUT2D eigenvalue weighted by atomic mass is 10.1. The van der Waals surface area contributed by atoms with Crippen LogP contribution in [0.15, 0.2) is 48.8 Å². The SMILES string of the molecule is Cc1ccc(Nc2ccc3c(c2)ncn3-c2ccc(CCO)c(-c3n[nH]nc3C#N)n2)nn1. The van der Waals surface area contributed by atoms with Crippen LogP contribution in [-0.2, 0) is 6.42 Å². The zero-order chi connectivity index (χ0) is 22.8. The fourth-order valence-electron chi connectivity index (χ4n) is 3.50. The van der Waals surface area contributed by atoms with E-state index >= 15 is 0 Å². The summed E-state index contributed by atoms with van der Waals surface area (Å²) in [5, 5.41) is 40.6. The van der Waals surface area contributed by atoms with Gasteiger partial charge in [-0.05, 0) is 55.3 Å². The average Bonchev–Trinajstić information content (AvgIpc) is 3.48. The number of aromatic amines is 1. The van der Waals surface area contributed by atoms with Crippen LogP contribution in [0.3, 0.4) is 0 Å². The highest BCUT2D eigenvalue weighted by Gasteiger charge is 2.17. The van der Waals surface area contributed by atoms with E-state index in [1.165, 1.54) is 0 Å². The number of nitrogens with zero attached hydrogens (tertiary/aromatic N) is 8. The number of benzene rings is 1. The largest absolute Gasteiger partial charge is 0.396 e. The second kappa shape index (κ2) is 8.45. The molecule has 33 heavy (non-hydrogen) atoms. The molecule has 0 unspecified atom stereocenters. The summed E-state index contributed by atoms with van der Waals surface area (Å²) in [6.07, 6.45) is 2.06. The van der Waals surface area contributed by atoms with Crippen molar-refractivity contribution in [1.82, 2.24) is 40.1 Å². The molecule has 0 spiro atoms. The van der Waals surface area contributed by atoms with Gasteiger partial charge in [0, 0.05) is 12.3 Å². The Hall–Kier alpha value is -4.69. The zero-order valence-corrected chi connectivity index (χ0v) is 17.6. The third-order valence-electron chi connectivity index (χ3n) is 5.09. The second-order valence-corrected chi connectivity index (χ2v) is 7.29. The monoisotopic (exact) mass is 438 g/mol. The fourth-order valence-corrected chi connectivity index (χ4v) is 3.50. The van der Waals surface area contributed by atoms with Crippen LogP contribution < -0.4 is 5.32 Å². The van der Waals surface area contributed by atoms with Crippen molar-refractivity contribution in [1.29, 1.82) is 5.26 Å². The standard InChI is InChI=1S/C22H18N10O/c1-13-2-6-19(29-27-13)25-15-4-5-18-16(10-15)24-12-32(18)20-7-3-14(8-9-33)21(26-20)22-17(11-23)28-31-30-22/h2-7,10,12,33H,8-9H2,1H3,(H,25,29)(H,28,30,31). The molecule has 11 nitrogen and oxygen atoms in total. The number of aryl methyl sites for hydroxylation is 1. The van der Waals surface area contributed by atoms with E-state index in [1.807, 2.05) is 60.0 Å². The van der Waals surface area contributed by atoms with Crippen molar-refractivity contribution in [2.45, 2.75) is 13.3 Å². The van der Waals surface area contributed by atoms with Crippen LogP contribution in [0.4, 0.5) is 11.5 Å². The summed E-state index contributed by atoms with van der Waals surface area (Å²) in [5.41, 5.74) is 5.04. The van der Waals surface area contributed by atoms with Gasteiger partial charge in [0.1, 0.15) is 23.9 Å². The number of aromatic nitrogens is 8. The van der Waals surface area contributed by atoms with E-state index in [2.05, 4.69) is 35.9 Å². The van der Waals surface area contributed by atoms with E-state index in [4.69, 9.17) is 4.98 Å². The Bertz CT molecular complexity index is 1480. The highest BCUT2D eigenvalue weighted by molar-refractivity contribution is 5.82. The van der Waals surface area contributed by atoms with Gasteiger partial charge in [0.2, 0.25) is 0 Å². The van der Waals surface area contributed by atoms with E-state index < -0.39 is 0 Å². The lowest BCUT2D eigenvalue weighted by Crippen LogP contribution is -2.03. The second-order valence-electron chi connectivity index (χ2n) is 7.29. The molecule has 162 valence electrons. The average molecular weight is 438 g/mol. The molecule has 0 fully saturated rings. The van der Waals surface area contributed by atoms with E-state index in [0.29, 0.717) is 29.4 Å². The van der Waals surface area contributed by atoms with Crippen LogP contribution in [-0.4, -0.2) is 51.9 Å². The van der Waals surface area contributed by atoms with Gasteiger partial charge in [0.05, 0.1) is 22.4 Å². The zero-order valence-electron chi connectivity index (χ0n) is 17.6. The summed E-state index contributed by atoms with van der Waals surface area (Å²) < 4.78 is 1.85. The molecule has 0 radical (unpaired) electrons. The fraction of sp³-hybridized carbons (Fsp3) is 0.136. The molecular formula is C22H18N10O. The minimum absolute atomic E-state index is 0.0527. The van der Waals surface area contributed by atoms with Crippen LogP contribution in [0.25, 0.3) is 28.2 Å². The third kappa shape index (κ3) is 3.86. The Kier molecular flexibility index (Phi) is 5.18. The van der Waals surface area contributed by atoms with Gasteiger partial charge < -0.3 is 10.4 Å². The first kappa shape index (κ1) is 20.2. The Labute approximate surface area is 187 Å². The van der Waals surface area contributed by atoms with Crippen molar-refractivity contribution < 1.29 is 5.11 Å². The maximum absolute atomic E-state index is 9.44. The number of pyridine rings is 1. The number of hydrogen-bond acceptors (Lipinski definition) is 9. The number of nitriles is 1. The molecule has 0 atom stereocenters. The number of nitrogens with one attached hydrogen (secondary N) is 2. The first-order valence-electron chi connectivity index (χ1n) is 10.1. The van der Waals surface area contributed by atoms with Crippen LogP contribution in [0.2, 0.25) is 0 Å². The van der Waals surface area contributed by atoms with E-state index in [0.717, 1.165) is 28.0 Å². The van der Waals surface area contributed by atoms with E-state index in [1.54, 1.807) is 6.33 Å². The molecule has 3 N–H and O–H groups in total. The molecule has 4 aromatic heterocycles. The van der Waals surface area contributed by atoms with E-state index in [9.17, 15) is 10.4 Å². The first-order chi connectivity index (χ1) is 16.2. The summed E-state index contributed by atoms with van der Waals surface area (Å²) in [5.74, 6) is 1.25. The van der Waals surface area contributed by atoms with E-state index in [-0.39, 0.29) is 12.3 Å². The molecule has 4 heterocycles. The number of imidazole rings is 1. The quantitative estimate of drug-likeness (QED) is 0.362. The molecule has 5 rings (SSSR count). The minimum atomic E-state index is -0.0527. The first-order valence-corrected chi connectivity index (χ1v) is 10.1.